The van der Waals surface area contributed by atoms with E-state index >= 15 is 0 Å². The number of methoxy groups -OCH3 is 1. The lowest BCUT2D eigenvalue weighted by atomic mass is 10.2. The molecule has 14 heavy (non-hydrogen) atoms. The van der Waals surface area contributed by atoms with Crippen LogP contribution in [-0.2, 0) is 4.74 Å². The molecule has 0 saturated heterocycles. The van der Waals surface area contributed by atoms with E-state index in [1.807, 2.05) is 6.08 Å². The summed E-state index contributed by atoms with van der Waals surface area (Å²) in [7, 11) is 1.71. The van der Waals surface area contributed by atoms with Crippen LogP contribution in [0.2, 0.25) is 0 Å². The first-order valence-corrected chi connectivity index (χ1v) is 5.15. The molecule has 0 aromatic rings. The van der Waals surface area contributed by atoms with E-state index in [1.54, 1.807) is 7.11 Å². The van der Waals surface area contributed by atoms with E-state index < -0.39 is 0 Å². The first kappa shape index (κ1) is 13.1. The highest BCUT2D eigenvalue weighted by Gasteiger charge is 1.95. The minimum atomic E-state index is 0.734. The van der Waals surface area contributed by atoms with Gasteiger partial charge in [0.05, 0.1) is 12.3 Å². The topological polar surface area (TPSA) is 21.6 Å². The summed E-state index contributed by atoms with van der Waals surface area (Å²) in [5, 5.41) is 0. The molecule has 0 fully saturated rings. The molecule has 0 heterocycles. The maximum Gasteiger partial charge on any atom is 0.0554 e. The van der Waals surface area contributed by atoms with Crippen molar-refractivity contribution in [3.63, 3.8) is 0 Å². The molecule has 0 aliphatic heterocycles. The van der Waals surface area contributed by atoms with Gasteiger partial charge in [0.1, 0.15) is 0 Å². The summed E-state index contributed by atoms with van der Waals surface area (Å²) in [6.07, 6.45) is 6.90. The van der Waals surface area contributed by atoms with Gasteiger partial charge >= 0.3 is 0 Å². The average Bonchev–Trinajstić information content (AvgIpc) is 2.21. The molecule has 0 amide bonds. The van der Waals surface area contributed by atoms with Crippen molar-refractivity contribution in [3.8, 4) is 0 Å². The molecule has 0 aliphatic rings. The Bertz CT molecular complexity index is 216. The molecule has 80 valence electrons. The first-order valence-electron chi connectivity index (χ1n) is 5.15. The largest absolute Gasteiger partial charge is 0.384 e. The van der Waals surface area contributed by atoms with Crippen LogP contribution in [0.25, 0.3) is 0 Å². The zero-order chi connectivity index (χ0) is 10.8. The van der Waals surface area contributed by atoms with Crippen molar-refractivity contribution in [3.05, 3.63) is 24.4 Å². The highest BCUT2D eigenvalue weighted by atomic mass is 16.5. The zero-order valence-electron chi connectivity index (χ0n) is 9.55. The molecular weight excluding hydrogens is 174 g/mol. The second kappa shape index (κ2) is 8.70. The third-order valence-corrected chi connectivity index (χ3v) is 1.85. The Kier molecular flexibility index (Phi) is 8.14. The van der Waals surface area contributed by atoms with Crippen molar-refractivity contribution < 1.29 is 4.74 Å². The minimum absolute atomic E-state index is 0.734. The molecule has 0 spiro atoms. The lowest BCUT2D eigenvalue weighted by molar-refractivity contribution is 0.207. The van der Waals surface area contributed by atoms with Gasteiger partial charge in [0.25, 0.3) is 0 Å². The van der Waals surface area contributed by atoms with Gasteiger partial charge < -0.3 is 4.74 Å². The number of hydrogen-bond acceptors (Lipinski definition) is 2. The Morgan fingerprint density at radius 3 is 2.64 bits per heavy atom. The molecule has 0 radical (unpaired) electrons. The molecule has 0 N–H and O–H groups in total. The number of aliphatic imine (C=N–C) groups is 1. The van der Waals surface area contributed by atoms with Gasteiger partial charge in [-0.1, -0.05) is 26.5 Å². The monoisotopic (exact) mass is 195 g/mol. The molecule has 2 heteroatoms. The Morgan fingerprint density at radius 2 is 2.14 bits per heavy atom. The molecule has 0 atom stereocenters. The second-order valence-corrected chi connectivity index (χ2v) is 3.08. The smallest absolute Gasteiger partial charge is 0.0554 e. The van der Waals surface area contributed by atoms with E-state index in [9.17, 15) is 0 Å². The van der Waals surface area contributed by atoms with Gasteiger partial charge in [0.15, 0.2) is 0 Å². The summed E-state index contributed by atoms with van der Waals surface area (Å²) in [5.74, 6) is 0. The molecule has 0 saturated carbocycles. The number of allylic oxidation sites excluding steroid dienone is 2. The maximum atomic E-state index is 5.01. The summed E-state index contributed by atoms with van der Waals surface area (Å²) in [4.78, 5) is 4.43. The van der Waals surface area contributed by atoms with Gasteiger partial charge in [-0.3, -0.25) is 4.99 Å². The van der Waals surface area contributed by atoms with Crippen LogP contribution in [0.3, 0.4) is 0 Å². The van der Waals surface area contributed by atoms with Crippen LogP contribution in [0.5, 0.6) is 0 Å². The zero-order valence-corrected chi connectivity index (χ0v) is 9.55. The van der Waals surface area contributed by atoms with E-state index in [-0.39, 0.29) is 0 Å². The summed E-state index contributed by atoms with van der Waals surface area (Å²) < 4.78 is 5.01. The van der Waals surface area contributed by atoms with Crippen molar-refractivity contribution >= 4 is 5.71 Å². The fraction of sp³-hybridized carbons (Fsp3) is 0.583. The fourth-order valence-corrected chi connectivity index (χ4v) is 1.03. The average molecular weight is 195 g/mol. The van der Waals surface area contributed by atoms with Gasteiger partial charge in [-0.25, -0.2) is 0 Å². The maximum absolute atomic E-state index is 5.01. The third-order valence-electron chi connectivity index (χ3n) is 1.85. The highest BCUT2D eigenvalue weighted by Crippen LogP contribution is 2.02. The summed E-state index contributed by atoms with van der Waals surface area (Å²) in [6, 6.07) is 0. The van der Waals surface area contributed by atoms with Crippen molar-refractivity contribution in [2.24, 2.45) is 4.99 Å². The van der Waals surface area contributed by atoms with E-state index in [1.165, 1.54) is 0 Å². The molecule has 0 aliphatic carbocycles. The summed E-state index contributed by atoms with van der Waals surface area (Å²) in [5.41, 5.74) is 1.98. The van der Waals surface area contributed by atoms with Crippen molar-refractivity contribution in [1.82, 2.24) is 0 Å². The van der Waals surface area contributed by atoms with Crippen LogP contribution in [-0.4, -0.2) is 19.4 Å². The van der Waals surface area contributed by atoms with E-state index in [0.29, 0.717) is 0 Å². The van der Waals surface area contributed by atoms with Gasteiger partial charge in [0, 0.05) is 19.2 Å². The fourth-order valence-electron chi connectivity index (χ4n) is 1.03. The Morgan fingerprint density at radius 1 is 1.43 bits per heavy atom. The quantitative estimate of drug-likeness (QED) is 0.451. The van der Waals surface area contributed by atoms with Crippen molar-refractivity contribution in [2.75, 3.05) is 13.7 Å². The van der Waals surface area contributed by atoms with Crippen LogP contribution >= 0.6 is 0 Å². The lowest BCUT2D eigenvalue weighted by Gasteiger charge is -2.02. The molecular formula is C12H21NO. The van der Waals surface area contributed by atoms with Crippen LogP contribution in [0.4, 0.5) is 0 Å². The minimum Gasteiger partial charge on any atom is -0.384 e. The van der Waals surface area contributed by atoms with Gasteiger partial charge in [-0.15, -0.1) is 0 Å². The van der Waals surface area contributed by atoms with E-state index in [0.717, 1.165) is 37.3 Å². The normalized spacial score (nSPS) is 12.4. The summed E-state index contributed by atoms with van der Waals surface area (Å²) in [6.45, 7) is 8.81. The summed E-state index contributed by atoms with van der Waals surface area (Å²) >= 11 is 0. The van der Waals surface area contributed by atoms with Crippen molar-refractivity contribution in [2.45, 2.75) is 33.1 Å². The number of ether oxygens (including phenoxy) is 1. The standard InChI is InChI=1S/C12H21NO/c1-5-7-8-11(3)13-12(6-2)9-10-14-4/h7-8H,3,5-6,9-10H2,1-2,4H3/b8-7-,13-12?. The van der Waals surface area contributed by atoms with Gasteiger partial charge in [-0.2, -0.15) is 0 Å². The van der Waals surface area contributed by atoms with Crippen molar-refractivity contribution in [1.29, 1.82) is 0 Å². The number of nitrogens with zero attached hydrogens (tertiary/aromatic N) is 1. The number of rotatable bonds is 7. The Hall–Kier alpha value is -0.890. The third kappa shape index (κ3) is 6.61. The Balaban J connectivity index is 4.13. The van der Waals surface area contributed by atoms with Gasteiger partial charge in [-0.05, 0) is 18.9 Å². The first-order chi connectivity index (χ1) is 6.74. The van der Waals surface area contributed by atoms with Crippen LogP contribution < -0.4 is 0 Å². The molecule has 0 aromatic carbocycles. The molecule has 0 unspecified atom stereocenters. The highest BCUT2D eigenvalue weighted by molar-refractivity contribution is 5.85. The van der Waals surface area contributed by atoms with Crippen LogP contribution in [0.15, 0.2) is 29.4 Å². The van der Waals surface area contributed by atoms with E-state index in [2.05, 4.69) is 31.5 Å². The molecule has 0 bridgehead atoms. The number of hydrogen-bond donors (Lipinski definition) is 0. The van der Waals surface area contributed by atoms with Crippen LogP contribution in [0.1, 0.15) is 33.1 Å². The second-order valence-electron chi connectivity index (χ2n) is 3.08. The van der Waals surface area contributed by atoms with E-state index in [4.69, 9.17) is 4.74 Å². The SMILES string of the molecule is C=C(/C=C\CC)N=C(CC)CCOC. The predicted molar refractivity (Wildman–Crippen MR) is 62.8 cm³/mol. The molecule has 2 nitrogen and oxygen atoms in total. The Labute approximate surface area is 87.4 Å². The predicted octanol–water partition coefficient (Wildman–Crippen LogP) is 3.35. The van der Waals surface area contributed by atoms with Crippen LogP contribution in [0, 0.1) is 0 Å². The lowest BCUT2D eigenvalue weighted by Crippen LogP contribution is -2.01. The molecule has 0 rings (SSSR count). The van der Waals surface area contributed by atoms with Gasteiger partial charge in [0.2, 0.25) is 0 Å². The molecule has 0 aromatic heterocycles.